The number of benzene rings is 2. The minimum atomic E-state index is -0.264. The van der Waals surface area contributed by atoms with Crippen LogP contribution >= 0.6 is 34.4 Å². The molecule has 2 aromatic rings. The number of amides is 2. The van der Waals surface area contributed by atoms with E-state index in [1.807, 2.05) is 43.3 Å². The molecule has 0 unspecified atom stereocenters. The number of hydrogen-bond acceptors (Lipinski definition) is 5. The maximum absolute atomic E-state index is 12.5. The molecule has 1 aliphatic heterocycles. The van der Waals surface area contributed by atoms with Crippen molar-refractivity contribution in [3.63, 3.8) is 0 Å². The molecule has 0 saturated carbocycles. The number of carbonyl (C=O) groups is 2. The van der Waals surface area contributed by atoms with Gasteiger partial charge in [0.15, 0.2) is 11.5 Å². The minimum absolute atomic E-state index is 0.243. The van der Waals surface area contributed by atoms with Gasteiger partial charge in [0.2, 0.25) is 0 Å². The van der Waals surface area contributed by atoms with Crippen LogP contribution in [0.15, 0.2) is 54.0 Å². The highest BCUT2D eigenvalue weighted by Crippen LogP contribution is 2.37. The number of likely N-dealkylation sites (N-methyl/N-ethyl adjacent to an activating group) is 1. The van der Waals surface area contributed by atoms with Gasteiger partial charge in [-0.05, 0) is 96.1 Å². The van der Waals surface area contributed by atoms with Crippen LogP contribution in [0.4, 0.5) is 4.79 Å². The third kappa shape index (κ3) is 5.71. The third-order valence-electron chi connectivity index (χ3n) is 4.60. The molecule has 0 bridgehead atoms. The monoisotopic (exact) mass is 549 g/mol. The van der Waals surface area contributed by atoms with E-state index in [4.69, 9.17) is 9.47 Å². The van der Waals surface area contributed by atoms with Crippen molar-refractivity contribution in [2.45, 2.75) is 26.9 Å². The molecule has 1 aliphatic rings. The lowest BCUT2D eigenvalue weighted by atomic mass is 10.0. The summed E-state index contributed by atoms with van der Waals surface area (Å²) in [6, 6.07) is 12.0. The van der Waals surface area contributed by atoms with Crippen LogP contribution in [-0.2, 0) is 17.8 Å². The minimum Gasteiger partial charge on any atom is -0.490 e. The molecule has 0 aliphatic carbocycles. The highest BCUT2D eigenvalue weighted by atomic mass is 127. The van der Waals surface area contributed by atoms with Crippen LogP contribution in [0.5, 0.6) is 11.5 Å². The number of thioether (sulfide) groups is 1. The zero-order chi connectivity index (χ0) is 22.4. The predicted octanol–water partition coefficient (Wildman–Crippen LogP) is 6.05. The Balaban J connectivity index is 1.95. The van der Waals surface area contributed by atoms with Gasteiger partial charge in [0.25, 0.3) is 11.1 Å². The number of rotatable bonds is 9. The lowest BCUT2D eigenvalue weighted by Gasteiger charge is -2.17. The molecule has 2 aromatic carbocycles. The van der Waals surface area contributed by atoms with Crippen molar-refractivity contribution in [1.82, 2.24) is 4.90 Å². The molecule has 0 atom stereocenters. The summed E-state index contributed by atoms with van der Waals surface area (Å²) < 4.78 is 13.2. The first-order valence-corrected chi connectivity index (χ1v) is 11.9. The molecule has 2 amide bonds. The summed E-state index contributed by atoms with van der Waals surface area (Å²) in [6.07, 6.45) is 4.12. The molecule has 31 heavy (non-hydrogen) atoms. The van der Waals surface area contributed by atoms with Gasteiger partial charge in [-0.15, -0.1) is 6.58 Å². The van der Waals surface area contributed by atoms with Crippen LogP contribution < -0.4 is 9.47 Å². The molecule has 162 valence electrons. The fourth-order valence-corrected chi connectivity index (χ4v) is 4.42. The second-order valence-electron chi connectivity index (χ2n) is 6.77. The molecule has 0 radical (unpaired) electrons. The lowest BCUT2D eigenvalue weighted by molar-refractivity contribution is -0.122. The van der Waals surface area contributed by atoms with Crippen LogP contribution in [0.1, 0.15) is 30.5 Å². The molecule has 0 aromatic heterocycles. The van der Waals surface area contributed by atoms with Gasteiger partial charge in [0, 0.05) is 15.7 Å². The van der Waals surface area contributed by atoms with Crippen molar-refractivity contribution < 1.29 is 19.1 Å². The Bertz CT molecular complexity index is 1020. The fourth-order valence-electron chi connectivity index (χ4n) is 3.16. The first kappa shape index (κ1) is 23.4. The molecule has 1 heterocycles. The van der Waals surface area contributed by atoms with Crippen LogP contribution in [0.2, 0.25) is 0 Å². The Morgan fingerprint density at radius 1 is 1.13 bits per heavy atom. The standard InChI is InChI=1S/C24H24INO4S/c1-4-7-18-12-17(14-21-23(27)26(5-2)24(28)31-21)13-20(29-6-3)22(18)30-15-16-8-10-19(25)11-9-16/h4,8-14H,1,5-7,15H2,2-3H3/b21-14+. The molecule has 0 spiro atoms. The van der Waals surface area contributed by atoms with Crippen molar-refractivity contribution in [3.8, 4) is 11.5 Å². The molecule has 0 N–H and O–H groups in total. The number of halogens is 1. The van der Waals surface area contributed by atoms with Crippen molar-refractivity contribution in [1.29, 1.82) is 0 Å². The van der Waals surface area contributed by atoms with Gasteiger partial charge < -0.3 is 9.47 Å². The normalized spacial score (nSPS) is 14.9. The van der Waals surface area contributed by atoms with E-state index in [1.54, 1.807) is 19.1 Å². The van der Waals surface area contributed by atoms with E-state index in [9.17, 15) is 9.59 Å². The Morgan fingerprint density at radius 3 is 2.48 bits per heavy atom. The Kier molecular flexibility index (Phi) is 8.20. The van der Waals surface area contributed by atoms with Crippen molar-refractivity contribution in [2.75, 3.05) is 13.2 Å². The third-order valence-corrected chi connectivity index (χ3v) is 6.23. The van der Waals surface area contributed by atoms with E-state index in [0.29, 0.717) is 42.6 Å². The van der Waals surface area contributed by atoms with Crippen LogP contribution in [0.3, 0.4) is 0 Å². The van der Waals surface area contributed by atoms with E-state index in [1.165, 1.54) is 8.47 Å². The lowest BCUT2D eigenvalue weighted by Crippen LogP contribution is -2.27. The largest absolute Gasteiger partial charge is 0.490 e. The SMILES string of the molecule is C=CCc1cc(/C=C2/SC(=O)N(CC)C2=O)cc(OCC)c1OCc1ccc(I)cc1. The van der Waals surface area contributed by atoms with Gasteiger partial charge in [0.1, 0.15) is 6.61 Å². The van der Waals surface area contributed by atoms with Gasteiger partial charge in [-0.2, -0.15) is 0 Å². The van der Waals surface area contributed by atoms with Gasteiger partial charge in [-0.1, -0.05) is 18.2 Å². The summed E-state index contributed by atoms with van der Waals surface area (Å²) in [7, 11) is 0. The van der Waals surface area contributed by atoms with Crippen molar-refractivity contribution in [2.24, 2.45) is 0 Å². The Labute approximate surface area is 200 Å². The molecule has 7 heteroatoms. The number of carbonyl (C=O) groups excluding carboxylic acids is 2. The topological polar surface area (TPSA) is 55.8 Å². The van der Waals surface area contributed by atoms with E-state index in [2.05, 4.69) is 29.2 Å². The van der Waals surface area contributed by atoms with E-state index >= 15 is 0 Å². The Morgan fingerprint density at radius 2 is 1.87 bits per heavy atom. The molecular weight excluding hydrogens is 525 g/mol. The summed E-state index contributed by atoms with van der Waals surface area (Å²) in [5, 5.41) is -0.243. The van der Waals surface area contributed by atoms with Crippen molar-refractivity contribution in [3.05, 3.63) is 74.2 Å². The predicted molar refractivity (Wildman–Crippen MR) is 133 cm³/mol. The summed E-state index contributed by atoms with van der Waals surface area (Å²) in [4.78, 5) is 26.1. The summed E-state index contributed by atoms with van der Waals surface area (Å²) in [5.41, 5.74) is 2.75. The second kappa shape index (κ2) is 10.9. The van der Waals surface area contributed by atoms with Gasteiger partial charge in [0.05, 0.1) is 11.5 Å². The number of nitrogens with zero attached hydrogens (tertiary/aromatic N) is 1. The summed E-state index contributed by atoms with van der Waals surface area (Å²) in [6.45, 7) is 8.80. The van der Waals surface area contributed by atoms with Gasteiger partial charge in [-0.25, -0.2) is 0 Å². The molecule has 3 rings (SSSR count). The quantitative estimate of drug-likeness (QED) is 0.217. The average Bonchev–Trinajstić information content (AvgIpc) is 3.01. The van der Waals surface area contributed by atoms with E-state index in [-0.39, 0.29) is 11.1 Å². The van der Waals surface area contributed by atoms with Crippen LogP contribution in [0.25, 0.3) is 6.08 Å². The highest BCUT2D eigenvalue weighted by molar-refractivity contribution is 14.1. The first-order chi connectivity index (χ1) is 15.0. The zero-order valence-corrected chi connectivity index (χ0v) is 20.5. The van der Waals surface area contributed by atoms with E-state index in [0.717, 1.165) is 28.5 Å². The molecule has 1 saturated heterocycles. The number of allylic oxidation sites excluding steroid dienone is 1. The maximum Gasteiger partial charge on any atom is 0.293 e. The molecule has 5 nitrogen and oxygen atoms in total. The number of ether oxygens (including phenoxy) is 2. The highest BCUT2D eigenvalue weighted by Gasteiger charge is 2.33. The average molecular weight is 549 g/mol. The smallest absolute Gasteiger partial charge is 0.293 e. The summed E-state index contributed by atoms with van der Waals surface area (Å²) >= 11 is 3.23. The fraction of sp³-hybridized carbons (Fsp3) is 0.250. The number of hydrogen-bond donors (Lipinski definition) is 0. The van der Waals surface area contributed by atoms with E-state index < -0.39 is 0 Å². The van der Waals surface area contributed by atoms with Crippen LogP contribution in [0, 0.1) is 3.57 Å². The Hall–Kier alpha value is -2.26. The summed E-state index contributed by atoms with van der Waals surface area (Å²) in [5.74, 6) is 1.01. The molecular formula is C24H24INO4S. The van der Waals surface area contributed by atoms with Crippen molar-refractivity contribution >= 4 is 51.6 Å². The second-order valence-corrected chi connectivity index (χ2v) is 9.01. The molecule has 1 fully saturated rings. The van der Waals surface area contributed by atoms with Crippen LogP contribution in [-0.4, -0.2) is 29.2 Å². The maximum atomic E-state index is 12.5. The van der Waals surface area contributed by atoms with Gasteiger partial charge in [-0.3, -0.25) is 14.5 Å². The zero-order valence-electron chi connectivity index (χ0n) is 17.5. The number of imide groups is 1. The first-order valence-electron chi connectivity index (χ1n) is 10.00. The van der Waals surface area contributed by atoms with Gasteiger partial charge >= 0.3 is 0 Å².